The molecule has 0 aromatic carbocycles. The predicted molar refractivity (Wildman–Crippen MR) is 65.2 cm³/mol. The number of nitrogens with zero attached hydrogens (tertiary/aromatic N) is 1. The monoisotopic (exact) mass is 256 g/mol. The van der Waals surface area contributed by atoms with Crippen LogP contribution in [0, 0.1) is 0 Å². The summed E-state index contributed by atoms with van der Waals surface area (Å²) in [4.78, 5) is 26.7. The third-order valence-corrected chi connectivity index (χ3v) is 2.31. The van der Waals surface area contributed by atoms with Crippen molar-refractivity contribution in [1.29, 1.82) is 0 Å². The fourth-order valence-corrected chi connectivity index (χ4v) is 1.26. The van der Waals surface area contributed by atoms with Gasteiger partial charge in [0.2, 0.25) is 5.91 Å². The largest absolute Gasteiger partial charge is 0.373 e. The number of halogens is 1. The minimum atomic E-state index is -0.490. The normalized spacial score (nSPS) is 9.59. The fourth-order valence-electron chi connectivity index (χ4n) is 1.07. The van der Waals surface area contributed by atoms with Crippen LogP contribution in [0.1, 0.15) is 10.5 Å². The molecule has 0 spiro atoms. The Balaban J connectivity index is 2.77. The number of hydrogen-bond acceptors (Lipinski definition) is 4. The van der Waals surface area contributed by atoms with Crippen LogP contribution in [0.2, 0.25) is 5.02 Å². The zero-order chi connectivity index (χ0) is 12.8. The quantitative estimate of drug-likeness (QED) is 0.721. The number of rotatable bonds is 4. The molecule has 2 amide bonds. The molecule has 3 N–H and O–H groups in total. The smallest absolute Gasteiger partial charge is 0.271 e. The van der Waals surface area contributed by atoms with Crippen LogP contribution in [0.3, 0.4) is 0 Å². The highest BCUT2D eigenvalue weighted by atomic mass is 35.5. The van der Waals surface area contributed by atoms with Gasteiger partial charge in [0.25, 0.3) is 5.91 Å². The summed E-state index contributed by atoms with van der Waals surface area (Å²) in [7, 11) is 3.17. The second-order valence-corrected chi connectivity index (χ2v) is 3.54. The van der Waals surface area contributed by atoms with Crippen molar-refractivity contribution in [2.75, 3.05) is 26.0 Å². The van der Waals surface area contributed by atoms with Crippen LogP contribution in [0.4, 0.5) is 5.82 Å². The molecule has 7 heteroatoms. The van der Waals surface area contributed by atoms with E-state index in [0.29, 0.717) is 5.82 Å². The second-order valence-electron chi connectivity index (χ2n) is 3.13. The first-order valence-corrected chi connectivity index (χ1v) is 5.29. The average molecular weight is 257 g/mol. The number of anilines is 1. The molecule has 6 nitrogen and oxygen atoms in total. The Morgan fingerprint density at radius 2 is 2.06 bits per heavy atom. The topological polar surface area (TPSA) is 83.1 Å². The molecule has 1 rings (SSSR count). The van der Waals surface area contributed by atoms with E-state index in [1.807, 2.05) is 0 Å². The molecule has 0 radical (unpaired) electrons. The number of aromatic nitrogens is 1. The van der Waals surface area contributed by atoms with Crippen LogP contribution in [-0.4, -0.2) is 37.4 Å². The molecule has 0 aliphatic heterocycles. The molecule has 0 saturated carbocycles. The highest BCUT2D eigenvalue weighted by Gasteiger charge is 2.13. The third kappa shape index (κ3) is 3.60. The van der Waals surface area contributed by atoms with Crippen LogP contribution >= 0.6 is 11.6 Å². The fraction of sp³-hybridized carbons (Fsp3) is 0.300. The molecule has 1 aromatic heterocycles. The lowest BCUT2D eigenvalue weighted by atomic mass is 10.3. The minimum absolute atomic E-state index is 0.0856. The van der Waals surface area contributed by atoms with Crippen LogP contribution in [0.25, 0.3) is 0 Å². The van der Waals surface area contributed by atoms with Gasteiger partial charge in [0, 0.05) is 14.1 Å². The zero-order valence-electron chi connectivity index (χ0n) is 9.50. The summed E-state index contributed by atoms with van der Waals surface area (Å²) in [5.74, 6) is -0.255. The molecule has 1 heterocycles. The number of amides is 2. The third-order valence-electron chi connectivity index (χ3n) is 2.01. The van der Waals surface area contributed by atoms with Crippen molar-refractivity contribution >= 4 is 29.2 Å². The lowest BCUT2D eigenvalue weighted by molar-refractivity contribution is -0.119. The van der Waals surface area contributed by atoms with Crippen molar-refractivity contribution in [2.45, 2.75) is 0 Å². The maximum Gasteiger partial charge on any atom is 0.271 e. The van der Waals surface area contributed by atoms with Crippen LogP contribution in [0.5, 0.6) is 0 Å². The molecular formula is C10H13ClN4O2. The summed E-state index contributed by atoms with van der Waals surface area (Å²) in [5, 5.41) is 7.84. The standard InChI is InChI=1S/C10H13ClN4O2/c1-12-7-4-3-6(11)9(15-7)10(17)14-5-8(16)13-2/h3-4H,5H2,1-2H3,(H,12,15)(H,13,16)(H,14,17). The molecule has 0 fully saturated rings. The van der Waals surface area contributed by atoms with Crippen LogP contribution in [-0.2, 0) is 4.79 Å². The molecule has 1 aromatic rings. The zero-order valence-corrected chi connectivity index (χ0v) is 10.3. The van der Waals surface area contributed by atoms with Gasteiger partial charge in [-0.15, -0.1) is 0 Å². The summed E-state index contributed by atoms with van der Waals surface area (Å²) in [6.45, 7) is -0.114. The Bertz CT molecular complexity index is 436. The molecule has 92 valence electrons. The number of nitrogens with one attached hydrogen (secondary N) is 3. The highest BCUT2D eigenvalue weighted by molar-refractivity contribution is 6.33. The molecule has 0 bridgehead atoms. The summed E-state index contributed by atoms with van der Waals surface area (Å²) in [5.41, 5.74) is 0.0856. The number of carbonyl (C=O) groups is 2. The van der Waals surface area contributed by atoms with E-state index in [-0.39, 0.29) is 23.2 Å². The van der Waals surface area contributed by atoms with E-state index in [9.17, 15) is 9.59 Å². The Kier molecular flexibility index (Phi) is 4.71. The SMILES string of the molecule is CNC(=O)CNC(=O)c1nc(NC)ccc1Cl. The number of likely N-dealkylation sites (N-methyl/N-ethyl adjacent to an activating group) is 1. The molecule has 0 aliphatic rings. The van der Waals surface area contributed by atoms with Gasteiger partial charge in [-0.05, 0) is 12.1 Å². The van der Waals surface area contributed by atoms with Gasteiger partial charge in [-0.2, -0.15) is 0 Å². The maximum atomic E-state index is 11.7. The molecule has 0 unspecified atom stereocenters. The van der Waals surface area contributed by atoms with Crippen molar-refractivity contribution in [3.05, 3.63) is 22.8 Å². The maximum absolute atomic E-state index is 11.7. The van der Waals surface area contributed by atoms with E-state index in [2.05, 4.69) is 20.9 Å². The Morgan fingerprint density at radius 1 is 1.35 bits per heavy atom. The van der Waals surface area contributed by atoms with Crippen molar-refractivity contribution in [3.8, 4) is 0 Å². The van der Waals surface area contributed by atoms with Crippen molar-refractivity contribution < 1.29 is 9.59 Å². The van der Waals surface area contributed by atoms with Gasteiger partial charge in [0.15, 0.2) is 0 Å². The number of hydrogen-bond donors (Lipinski definition) is 3. The van der Waals surface area contributed by atoms with Gasteiger partial charge in [-0.3, -0.25) is 9.59 Å². The van der Waals surface area contributed by atoms with E-state index in [1.54, 1.807) is 19.2 Å². The average Bonchev–Trinajstić information content (AvgIpc) is 2.36. The molecule has 0 aliphatic carbocycles. The first-order chi connectivity index (χ1) is 8.08. The summed E-state index contributed by atoms with van der Waals surface area (Å²) < 4.78 is 0. The van der Waals surface area contributed by atoms with Gasteiger partial charge in [0.1, 0.15) is 11.5 Å². The highest BCUT2D eigenvalue weighted by Crippen LogP contribution is 2.16. The molecule has 17 heavy (non-hydrogen) atoms. The molecular weight excluding hydrogens is 244 g/mol. The lowest BCUT2D eigenvalue weighted by Crippen LogP contribution is -2.35. The summed E-state index contributed by atoms with van der Waals surface area (Å²) in [6.07, 6.45) is 0. The van der Waals surface area contributed by atoms with Crippen LogP contribution in [0.15, 0.2) is 12.1 Å². The van der Waals surface area contributed by atoms with E-state index < -0.39 is 5.91 Å². The lowest BCUT2D eigenvalue weighted by Gasteiger charge is -2.07. The number of carbonyl (C=O) groups excluding carboxylic acids is 2. The Labute approximate surface area is 104 Å². The second kappa shape index (κ2) is 6.05. The van der Waals surface area contributed by atoms with E-state index in [1.165, 1.54) is 7.05 Å². The minimum Gasteiger partial charge on any atom is -0.373 e. The van der Waals surface area contributed by atoms with E-state index in [4.69, 9.17) is 11.6 Å². The Morgan fingerprint density at radius 3 is 2.65 bits per heavy atom. The van der Waals surface area contributed by atoms with Gasteiger partial charge in [-0.1, -0.05) is 11.6 Å². The first-order valence-electron chi connectivity index (χ1n) is 4.91. The summed E-state index contributed by atoms with van der Waals surface area (Å²) >= 11 is 5.85. The first kappa shape index (κ1) is 13.2. The van der Waals surface area contributed by atoms with Crippen molar-refractivity contribution in [2.24, 2.45) is 0 Å². The van der Waals surface area contributed by atoms with E-state index in [0.717, 1.165) is 0 Å². The summed E-state index contributed by atoms with van der Waals surface area (Å²) in [6, 6.07) is 3.22. The van der Waals surface area contributed by atoms with E-state index >= 15 is 0 Å². The van der Waals surface area contributed by atoms with Gasteiger partial charge in [0.05, 0.1) is 11.6 Å². The van der Waals surface area contributed by atoms with Crippen LogP contribution < -0.4 is 16.0 Å². The van der Waals surface area contributed by atoms with Crippen molar-refractivity contribution in [1.82, 2.24) is 15.6 Å². The van der Waals surface area contributed by atoms with Gasteiger partial charge < -0.3 is 16.0 Å². The van der Waals surface area contributed by atoms with Gasteiger partial charge in [-0.25, -0.2) is 4.98 Å². The van der Waals surface area contributed by atoms with Gasteiger partial charge >= 0.3 is 0 Å². The number of pyridine rings is 1. The van der Waals surface area contributed by atoms with Crippen molar-refractivity contribution in [3.63, 3.8) is 0 Å². The molecule has 0 atom stereocenters. The predicted octanol–water partition coefficient (Wildman–Crippen LogP) is 0.252. The Hall–Kier alpha value is -1.82. The molecule has 0 saturated heterocycles.